The summed E-state index contributed by atoms with van der Waals surface area (Å²) in [5.74, 6) is -0.625. The summed E-state index contributed by atoms with van der Waals surface area (Å²) in [4.78, 5) is 15.4. The molecule has 1 aliphatic carbocycles. The van der Waals surface area contributed by atoms with Crippen LogP contribution < -0.4 is 5.32 Å². The Morgan fingerprint density at radius 3 is 3.00 bits per heavy atom. The molecule has 4 nitrogen and oxygen atoms in total. The number of anilines is 1. The van der Waals surface area contributed by atoms with E-state index >= 15 is 0 Å². The van der Waals surface area contributed by atoms with Crippen LogP contribution in [0.3, 0.4) is 0 Å². The number of carbonyl (C=O) groups is 1. The van der Waals surface area contributed by atoms with Crippen LogP contribution >= 0.6 is 27.3 Å². The highest BCUT2D eigenvalue weighted by Gasteiger charge is 2.30. The van der Waals surface area contributed by atoms with E-state index in [9.17, 15) is 4.79 Å². The highest BCUT2D eigenvalue weighted by atomic mass is 79.9. The third kappa shape index (κ3) is 3.42. The predicted octanol–water partition coefficient (Wildman–Crippen LogP) is 3.21. The monoisotopic (exact) mass is 318 g/mol. The van der Waals surface area contributed by atoms with E-state index < -0.39 is 5.97 Å². The Balaban J connectivity index is 1.90. The first-order valence-corrected chi connectivity index (χ1v) is 7.42. The molecule has 6 heteroatoms. The van der Waals surface area contributed by atoms with Crippen LogP contribution in [0.4, 0.5) is 5.13 Å². The second-order valence-electron chi connectivity index (χ2n) is 4.35. The van der Waals surface area contributed by atoms with Crippen LogP contribution in [0.25, 0.3) is 0 Å². The molecule has 17 heavy (non-hydrogen) atoms. The van der Waals surface area contributed by atoms with Crippen molar-refractivity contribution in [1.29, 1.82) is 0 Å². The van der Waals surface area contributed by atoms with E-state index in [4.69, 9.17) is 5.11 Å². The minimum Gasteiger partial charge on any atom is -0.481 e. The van der Waals surface area contributed by atoms with Gasteiger partial charge in [-0.1, -0.05) is 12.8 Å². The summed E-state index contributed by atoms with van der Waals surface area (Å²) in [5, 5.41) is 15.2. The second kappa shape index (κ2) is 5.82. The fourth-order valence-corrected chi connectivity index (χ4v) is 3.49. The summed E-state index contributed by atoms with van der Waals surface area (Å²) >= 11 is 4.83. The number of nitrogens with one attached hydrogen (secondary N) is 1. The maximum Gasteiger partial charge on any atom is 0.306 e. The highest BCUT2D eigenvalue weighted by Crippen LogP contribution is 2.31. The molecule has 2 unspecified atom stereocenters. The van der Waals surface area contributed by atoms with Gasteiger partial charge in [0.05, 0.1) is 5.92 Å². The first kappa shape index (κ1) is 12.8. The van der Waals surface area contributed by atoms with Crippen LogP contribution in [0.2, 0.25) is 0 Å². The highest BCUT2D eigenvalue weighted by molar-refractivity contribution is 9.10. The van der Waals surface area contributed by atoms with E-state index in [-0.39, 0.29) is 11.8 Å². The van der Waals surface area contributed by atoms with Gasteiger partial charge in [0.25, 0.3) is 0 Å². The molecular weight excluding hydrogens is 304 g/mol. The SMILES string of the molecule is O=C(O)C1CCCCC1CNc1nc(Br)cs1. The summed E-state index contributed by atoms with van der Waals surface area (Å²) in [6.45, 7) is 0.705. The van der Waals surface area contributed by atoms with Gasteiger partial charge in [-0.05, 0) is 34.7 Å². The number of halogens is 1. The Hall–Kier alpha value is -0.620. The van der Waals surface area contributed by atoms with Crippen molar-refractivity contribution in [1.82, 2.24) is 4.98 Å². The third-order valence-electron chi connectivity index (χ3n) is 3.22. The number of aliphatic carboxylic acids is 1. The lowest BCUT2D eigenvalue weighted by atomic mass is 9.79. The number of aromatic nitrogens is 1. The molecule has 0 amide bonds. The third-order valence-corrected chi connectivity index (χ3v) is 4.73. The number of nitrogens with zero attached hydrogens (tertiary/aromatic N) is 1. The Morgan fingerprint density at radius 1 is 1.59 bits per heavy atom. The number of rotatable bonds is 4. The quantitative estimate of drug-likeness (QED) is 0.894. The average Bonchev–Trinajstić information content (AvgIpc) is 2.73. The van der Waals surface area contributed by atoms with E-state index in [1.165, 1.54) is 11.3 Å². The minimum atomic E-state index is -0.656. The van der Waals surface area contributed by atoms with Crippen molar-refractivity contribution in [3.8, 4) is 0 Å². The molecule has 0 saturated heterocycles. The first-order chi connectivity index (χ1) is 8.16. The molecule has 1 aromatic rings. The van der Waals surface area contributed by atoms with E-state index in [1.54, 1.807) is 0 Å². The summed E-state index contributed by atoms with van der Waals surface area (Å²) in [6.07, 6.45) is 3.98. The molecule has 2 rings (SSSR count). The van der Waals surface area contributed by atoms with Crippen LogP contribution in [0.5, 0.6) is 0 Å². The molecular formula is C11H15BrN2O2S. The van der Waals surface area contributed by atoms with E-state index in [0.29, 0.717) is 6.54 Å². The van der Waals surface area contributed by atoms with Gasteiger partial charge in [-0.2, -0.15) is 0 Å². The van der Waals surface area contributed by atoms with Crippen molar-refractivity contribution in [2.24, 2.45) is 11.8 Å². The Bertz CT molecular complexity index is 397. The Morgan fingerprint density at radius 2 is 2.35 bits per heavy atom. The molecule has 0 aromatic carbocycles. The van der Waals surface area contributed by atoms with Gasteiger partial charge in [0.15, 0.2) is 5.13 Å². The lowest BCUT2D eigenvalue weighted by Crippen LogP contribution is -2.31. The number of carboxylic acid groups (broad SMARTS) is 1. The van der Waals surface area contributed by atoms with Gasteiger partial charge in [-0.15, -0.1) is 11.3 Å². The maximum atomic E-state index is 11.1. The average molecular weight is 319 g/mol. The normalized spacial score (nSPS) is 24.5. The zero-order chi connectivity index (χ0) is 12.3. The number of hydrogen-bond donors (Lipinski definition) is 2. The van der Waals surface area contributed by atoms with Crippen molar-refractivity contribution in [2.45, 2.75) is 25.7 Å². The van der Waals surface area contributed by atoms with Crippen LogP contribution in [-0.2, 0) is 4.79 Å². The number of hydrogen-bond acceptors (Lipinski definition) is 4. The molecule has 94 valence electrons. The van der Waals surface area contributed by atoms with Crippen molar-refractivity contribution < 1.29 is 9.90 Å². The fourth-order valence-electron chi connectivity index (χ4n) is 2.33. The largest absolute Gasteiger partial charge is 0.481 e. The molecule has 1 fully saturated rings. The lowest BCUT2D eigenvalue weighted by molar-refractivity contribution is -0.144. The molecule has 2 N–H and O–H groups in total. The van der Waals surface area contributed by atoms with Crippen LogP contribution in [-0.4, -0.2) is 22.6 Å². The maximum absolute atomic E-state index is 11.1. The first-order valence-electron chi connectivity index (χ1n) is 5.74. The van der Waals surface area contributed by atoms with Crippen molar-refractivity contribution in [2.75, 3.05) is 11.9 Å². The fraction of sp³-hybridized carbons (Fsp3) is 0.636. The molecule has 1 aromatic heterocycles. The molecule has 0 radical (unpaired) electrons. The Labute approximate surface area is 113 Å². The van der Waals surface area contributed by atoms with Gasteiger partial charge in [0.2, 0.25) is 0 Å². The van der Waals surface area contributed by atoms with Crippen LogP contribution in [0.15, 0.2) is 9.98 Å². The Kier molecular flexibility index (Phi) is 4.39. The second-order valence-corrected chi connectivity index (χ2v) is 6.02. The summed E-state index contributed by atoms with van der Waals surface area (Å²) in [6, 6.07) is 0. The van der Waals surface area contributed by atoms with Crippen molar-refractivity contribution in [3.05, 3.63) is 9.98 Å². The summed E-state index contributed by atoms with van der Waals surface area (Å²) in [7, 11) is 0. The molecule has 1 heterocycles. The smallest absolute Gasteiger partial charge is 0.306 e. The number of thiazole rings is 1. The lowest BCUT2D eigenvalue weighted by Gasteiger charge is -2.28. The topological polar surface area (TPSA) is 62.2 Å². The zero-order valence-corrected chi connectivity index (χ0v) is 11.8. The molecule has 0 bridgehead atoms. The zero-order valence-electron chi connectivity index (χ0n) is 9.36. The van der Waals surface area contributed by atoms with Gasteiger partial charge in [0, 0.05) is 11.9 Å². The van der Waals surface area contributed by atoms with Gasteiger partial charge >= 0.3 is 5.97 Å². The van der Waals surface area contributed by atoms with Gasteiger partial charge in [0.1, 0.15) is 4.60 Å². The van der Waals surface area contributed by atoms with Gasteiger partial charge < -0.3 is 10.4 Å². The van der Waals surface area contributed by atoms with Crippen molar-refractivity contribution in [3.63, 3.8) is 0 Å². The molecule has 0 spiro atoms. The molecule has 1 aliphatic rings. The molecule has 1 saturated carbocycles. The van der Waals surface area contributed by atoms with Gasteiger partial charge in [-0.25, -0.2) is 4.98 Å². The number of carboxylic acids is 1. The van der Waals surface area contributed by atoms with Gasteiger partial charge in [-0.3, -0.25) is 4.79 Å². The predicted molar refractivity (Wildman–Crippen MR) is 71.4 cm³/mol. The standard InChI is InChI=1S/C11H15BrN2O2S/c12-9-6-17-11(14-9)13-5-7-3-1-2-4-8(7)10(15)16/h6-8H,1-5H2,(H,13,14)(H,15,16). The van der Waals surface area contributed by atoms with E-state index in [1.807, 2.05) is 5.38 Å². The van der Waals surface area contributed by atoms with Crippen molar-refractivity contribution >= 4 is 38.4 Å². The van der Waals surface area contributed by atoms with Crippen LogP contribution in [0.1, 0.15) is 25.7 Å². The molecule has 0 aliphatic heterocycles. The van der Waals surface area contributed by atoms with Crippen LogP contribution in [0, 0.1) is 11.8 Å². The van der Waals surface area contributed by atoms with E-state index in [0.717, 1.165) is 35.4 Å². The minimum absolute atomic E-state index is 0.195. The summed E-state index contributed by atoms with van der Waals surface area (Å²) < 4.78 is 0.823. The summed E-state index contributed by atoms with van der Waals surface area (Å²) in [5.41, 5.74) is 0. The van der Waals surface area contributed by atoms with E-state index in [2.05, 4.69) is 26.2 Å². The molecule has 2 atom stereocenters.